The fourth-order valence-electron chi connectivity index (χ4n) is 4.78. The molecule has 2 fully saturated rings. The van der Waals surface area contributed by atoms with E-state index in [2.05, 4.69) is 9.88 Å². The lowest BCUT2D eigenvalue weighted by atomic mass is 9.98. The standard InChI is InChI=1S/C23H26N4O2/c1-16-6-2-3-7-19(16)22(28)26-14-18(15-26)25-12-10-17(11-13-25)27-21-9-5-4-8-20(21)24-23(27)29/h2-9,17-18H,10-15H2,1H3,(H,24,29). The van der Waals surface area contributed by atoms with Crippen LogP contribution in [0.25, 0.3) is 11.0 Å². The average Bonchev–Trinajstić information content (AvgIpc) is 3.03. The highest BCUT2D eigenvalue weighted by atomic mass is 16.2. The van der Waals surface area contributed by atoms with Crippen molar-refractivity contribution in [2.45, 2.75) is 31.8 Å². The van der Waals surface area contributed by atoms with Gasteiger partial charge < -0.3 is 9.88 Å². The number of piperidine rings is 1. The molecule has 29 heavy (non-hydrogen) atoms. The molecule has 2 aliphatic heterocycles. The molecule has 1 N–H and O–H groups in total. The summed E-state index contributed by atoms with van der Waals surface area (Å²) >= 11 is 0. The van der Waals surface area contributed by atoms with Crippen LogP contribution in [0.15, 0.2) is 53.3 Å². The fourth-order valence-corrected chi connectivity index (χ4v) is 4.78. The number of amides is 1. The van der Waals surface area contributed by atoms with Crippen LogP contribution < -0.4 is 5.69 Å². The number of nitrogens with zero attached hydrogens (tertiary/aromatic N) is 3. The second-order valence-corrected chi connectivity index (χ2v) is 8.26. The van der Waals surface area contributed by atoms with Crippen LogP contribution in [0, 0.1) is 6.92 Å². The molecule has 6 heteroatoms. The van der Waals surface area contributed by atoms with Gasteiger partial charge in [0.15, 0.2) is 0 Å². The second-order valence-electron chi connectivity index (χ2n) is 8.26. The lowest BCUT2D eigenvalue weighted by Gasteiger charge is -2.47. The van der Waals surface area contributed by atoms with E-state index in [4.69, 9.17) is 0 Å². The Morgan fingerprint density at radius 1 is 0.966 bits per heavy atom. The maximum Gasteiger partial charge on any atom is 0.326 e. The van der Waals surface area contributed by atoms with Crippen molar-refractivity contribution in [3.8, 4) is 0 Å². The number of nitrogens with one attached hydrogen (secondary N) is 1. The Hall–Kier alpha value is -2.86. The zero-order valence-electron chi connectivity index (χ0n) is 16.7. The first-order chi connectivity index (χ1) is 14.1. The van der Waals surface area contributed by atoms with Crippen LogP contribution in [0.3, 0.4) is 0 Å². The molecular weight excluding hydrogens is 364 g/mol. The van der Waals surface area contributed by atoms with Gasteiger partial charge in [-0.3, -0.25) is 14.3 Å². The van der Waals surface area contributed by atoms with Crippen LogP contribution in [-0.2, 0) is 0 Å². The number of benzene rings is 2. The van der Waals surface area contributed by atoms with Crippen LogP contribution in [0.1, 0.15) is 34.8 Å². The minimum atomic E-state index is -0.0108. The summed E-state index contributed by atoms with van der Waals surface area (Å²) in [6, 6.07) is 16.4. The minimum absolute atomic E-state index is 0.0108. The van der Waals surface area contributed by atoms with Crippen molar-refractivity contribution in [2.75, 3.05) is 26.2 Å². The normalized spacial score (nSPS) is 18.9. The monoisotopic (exact) mass is 390 g/mol. The van der Waals surface area contributed by atoms with Crippen molar-refractivity contribution in [3.05, 3.63) is 70.1 Å². The molecule has 6 nitrogen and oxygen atoms in total. The van der Waals surface area contributed by atoms with Gasteiger partial charge in [-0.2, -0.15) is 0 Å². The number of carbonyl (C=O) groups is 1. The van der Waals surface area contributed by atoms with Crippen molar-refractivity contribution in [1.29, 1.82) is 0 Å². The van der Waals surface area contributed by atoms with Gasteiger partial charge in [-0.25, -0.2) is 4.79 Å². The van der Waals surface area contributed by atoms with E-state index in [9.17, 15) is 9.59 Å². The fraction of sp³-hybridized carbons (Fsp3) is 0.391. The van der Waals surface area contributed by atoms with Gasteiger partial charge in [0.05, 0.1) is 11.0 Å². The predicted octanol–water partition coefficient (Wildman–Crippen LogP) is 2.80. The van der Waals surface area contributed by atoms with Crippen molar-refractivity contribution in [1.82, 2.24) is 19.4 Å². The molecule has 0 bridgehead atoms. The second kappa shape index (κ2) is 7.19. The molecule has 3 heterocycles. The first kappa shape index (κ1) is 18.2. The van der Waals surface area contributed by atoms with Crippen LogP contribution in [-0.4, -0.2) is 57.5 Å². The molecule has 150 valence electrons. The number of aryl methyl sites for hydroxylation is 1. The first-order valence-corrected chi connectivity index (χ1v) is 10.4. The van der Waals surface area contributed by atoms with Crippen LogP contribution in [0.2, 0.25) is 0 Å². The molecule has 2 aromatic carbocycles. The molecule has 0 aliphatic carbocycles. The topological polar surface area (TPSA) is 61.3 Å². The number of hydrogen-bond donors (Lipinski definition) is 1. The Morgan fingerprint density at radius 2 is 1.66 bits per heavy atom. The van der Waals surface area contributed by atoms with Crippen LogP contribution >= 0.6 is 0 Å². The molecule has 0 radical (unpaired) electrons. The Labute approximate surface area is 169 Å². The SMILES string of the molecule is Cc1ccccc1C(=O)N1CC(N2CCC(n3c(=O)[nH]c4ccccc43)CC2)C1. The minimum Gasteiger partial charge on any atom is -0.335 e. The van der Waals surface area contributed by atoms with E-state index in [-0.39, 0.29) is 17.6 Å². The van der Waals surface area contributed by atoms with E-state index < -0.39 is 0 Å². The number of carbonyl (C=O) groups excluding carboxylic acids is 1. The van der Waals surface area contributed by atoms with E-state index in [1.165, 1.54) is 0 Å². The Kier molecular flexibility index (Phi) is 4.51. The maximum absolute atomic E-state index is 12.7. The van der Waals surface area contributed by atoms with Crippen molar-refractivity contribution < 1.29 is 4.79 Å². The highest BCUT2D eigenvalue weighted by Crippen LogP contribution is 2.28. The molecule has 0 atom stereocenters. The number of para-hydroxylation sites is 2. The number of likely N-dealkylation sites (tertiary alicyclic amines) is 2. The summed E-state index contributed by atoms with van der Waals surface area (Å²) in [4.78, 5) is 32.6. The zero-order valence-corrected chi connectivity index (χ0v) is 16.7. The maximum atomic E-state index is 12.7. The third kappa shape index (κ3) is 3.17. The summed E-state index contributed by atoms with van der Waals surface area (Å²) in [5, 5.41) is 0. The number of fused-ring (bicyclic) bond motifs is 1. The number of hydrogen-bond acceptors (Lipinski definition) is 3. The number of imidazole rings is 1. The van der Waals surface area contributed by atoms with Gasteiger partial charge in [0.2, 0.25) is 0 Å². The summed E-state index contributed by atoms with van der Waals surface area (Å²) in [6.45, 7) is 5.51. The third-order valence-electron chi connectivity index (χ3n) is 6.53. The van der Waals surface area contributed by atoms with Gasteiger partial charge in [-0.15, -0.1) is 0 Å². The van der Waals surface area contributed by atoms with E-state index in [1.54, 1.807) is 0 Å². The van der Waals surface area contributed by atoms with Crippen molar-refractivity contribution >= 4 is 16.9 Å². The Bertz CT molecular complexity index is 1100. The van der Waals surface area contributed by atoms with Gasteiger partial charge in [-0.1, -0.05) is 30.3 Å². The predicted molar refractivity (Wildman–Crippen MR) is 113 cm³/mol. The molecule has 1 aromatic heterocycles. The molecule has 3 aromatic rings. The van der Waals surface area contributed by atoms with E-state index in [0.29, 0.717) is 6.04 Å². The summed E-state index contributed by atoms with van der Waals surface area (Å²) < 4.78 is 1.93. The highest BCUT2D eigenvalue weighted by molar-refractivity contribution is 5.96. The van der Waals surface area contributed by atoms with Gasteiger partial charge in [0.25, 0.3) is 5.91 Å². The van der Waals surface area contributed by atoms with Crippen molar-refractivity contribution in [3.63, 3.8) is 0 Å². The number of rotatable bonds is 3. The summed E-state index contributed by atoms with van der Waals surface area (Å²) in [6.07, 6.45) is 1.92. The number of H-pyrrole nitrogens is 1. The third-order valence-corrected chi connectivity index (χ3v) is 6.53. The summed E-state index contributed by atoms with van der Waals surface area (Å²) in [5.74, 6) is 0.139. The molecule has 2 saturated heterocycles. The Balaban J connectivity index is 1.20. The first-order valence-electron chi connectivity index (χ1n) is 10.4. The molecule has 1 amide bonds. The number of aromatic amines is 1. The average molecular weight is 390 g/mol. The largest absolute Gasteiger partial charge is 0.335 e. The molecule has 0 saturated carbocycles. The molecule has 0 spiro atoms. The van der Waals surface area contributed by atoms with Gasteiger partial charge in [0.1, 0.15) is 0 Å². The lowest BCUT2D eigenvalue weighted by molar-refractivity contribution is 0.0153. The molecule has 0 unspecified atom stereocenters. The smallest absolute Gasteiger partial charge is 0.326 e. The van der Waals surface area contributed by atoms with Gasteiger partial charge >= 0.3 is 5.69 Å². The zero-order chi connectivity index (χ0) is 20.0. The van der Waals surface area contributed by atoms with Gasteiger partial charge in [-0.05, 0) is 43.5 Å². The lowest BCUT2D eigenvalue weighted by Crippen LogP contribution is -2.62. The highest BCUT2D eigenvalue weighted by Gasteiger charge is 2.37. The number of aromatic nitrogens is 2. The van der Waals surface area contributed by atoms with Crippen LogP contribution in [0.4, 0.5) is 0 Å². The van der Waals surface area contributed by atoms with Crippen molar-refractivity contribution in [2.24, 2.45) is 0 Å². The van der Waals surface area contributed by atoms with E-state index in [0.717, 1.165) is 61.2 Å². The molecular formula is C23H26N4O2. The summed E-state index contributed by atoms with van der Waals surface area (Å²) in [7, 11) is 0. The van der Waals surface area contributed by atoms with E-state index >= 15 is 0 Å². The Morgan fingerprint density at radius 3 is 2.41 bits per heavy atom. The van der Waals surface area contributed by atoms with E-state index in [1.807, 2.05) is 64.9 Å². The van der Waals surface area contributed by atoms with Gasteiger partial charge in [0, 0.05) is 43.8 Å². The molecule has 2 aliphatic rings. The quantitative estimate of drug-likeness (QED) is 0.748. The van der Waals surface area contributed by atoms with Crippen LogP contribution in [0.5, 0.6) is 0 Å². The summed E-state index contributed by atoms with van der Waals surface area (Å²) in [5.41, 5.74) is 3.73. The molecule has 5 rings (SSSR count).